The van der Waals surface area contributed by atoms with Gasteiger partial charge < -0.3 is 33.8 Å². The maximum Gasteiger partial charge on any atom is 0.472 e. The van der Waals surface area contributed by atoms with Crippen LogP contribution in [0.25, 0.3) is 0 Å². The van der Waals surface area contributed by atoms with Crippen molar-refractivity contribution in [3.63, 3.8) is 0 Å². The number of ether oxygens (including phenoxy) is 4. The number of rotatable bonds is 84. The fourth-order valence-corrected chi connectivity index (χ4v) is 14.6. The molecule has 0 aromatic carbocycles. The van der Waals surface area contributed by atoms with E-state index in [2.05, 4.69) is 65.8 Å². The highest BCUT2D eigenvalue weighted by atomic mass is 31.2. The Balaban J connectivity index is 5.28. The second-order valence-electron chi connectivity index (χ2n) is 31.3. The van der Waals surface area contributed by atoms with Crippen molar-refractivity contribution in [1.29, 1.82) is 0 Å². The fourth-order valence-electron chi connectivity index (χ4n) is 13.0. The van der Waals surface area contributed by atoms with E-state index in [9.17, 15) is 43.2 Å². The molecule has 0 bridgehead atoms. The Labute approximate surface area is 650 Å². The Morgan fingerprint density at radius 2 is 0.557 bits per heavy atom. The summed E-state index contributed by atoms with van der Waals surface area (Å²) in [5.41, 5.74) is 0. The van der Waals surface area contributed by atoms with Crippen LogP contribution in [0.4, 0.5) is 0 Å². The zero-order valence-corrected chi connectivity index (χ0v) is 71.0. The minimum atomic E-state index is -4.97. The van der Waals surface area contributed by atoms with Gasteiger partial charge in [-0.1, -0.05) is 387 Å². The monoisotopic (exact) mass is 1550 g/mol. The van der Waals surface area contributed by atoms with Crippen LogP contribution in [0.2, 0.25) is 0 Å². The van der Waals surface area contributed by atoms with Crippen molar-refractivity contribution in [2.24, 2.45) is 11.8 Å². The number of allylic oxidation sites excluding steroid dienone is 4. The lowest BCUT2D eigenvalue weighted by molar-refractivity contribution is -0.161. The standard InChI is InChI=1S/C87H166O17P2/c1-7-10-12-14-16-18-20-22-27-35-41-47-53-59-65-71-86(91)103-82(75-97-84(89)69-63-57-51-45-39-21-19-17-15-13-11-8-2)77-101-105(93,94)99-73-81(88)74-100-106(95,96)102-78-83(76-98-85(90)70-64-58-52-46-40-34-31-30-33-38-44-50-56-62-68-80(6)9-3)104-87(92)72-66-60-54-48-42-36-29-26-24-23-25-28-32-37-43-49-55-61-67-79(4)5/h18,20,22,27,79-83,88H,7-17,19,21,23-26,28-78H2,1-6H3,(H,93,94)(H,95,96)/b20-18-,27-22-/t80?,81-,82+,83+/m0/s1. The first-order chi connectivity index (χ1) is 51.4. The summed E-state index contributed by atoms with van der Waals surface area (Å²) in [6.45, 7) is 9.70. The van der Waals surface area contributed by atoms with Gasteiger partial charge in [-0.15, -0.1) is 0 Å². The van der Waals surface area contributed by atoms with Crippen molar-refractivity contribution >= 4 is 39.5 Å². The van der Waals surface area contributed by atoms with Crippen molar-refractivity contribution in [2.75, 3.05) is 39.6 Å². The third kappa shape index (κ3) is 78.2. The summed E-state index contributed by atoms with van der Waals surface area (Å²) in [6, 6.07) is 0. The molecule has 0 fully saturated rings. The van der Waals surface area contributed by atoms with Crippen LogP contribution in [0.15, 0.2) is 24.3 Å². The van der Waals surface area contributed by atoms with E-state index in [1.54, 1.807) is 0 Å². The van der Waals surface area contributed by atoms with Crippen molar-refractivity contribution in [3.8, 4) is 0 Å². The average molecular weight is 1550 g/mol. The van der Waals surface area contributed by atoms with E-state index < -0.39 is 97.5 Å². The summed E-state index contributed by atoms with van der Waals surface area (Å²) < 4.78 is 68.9. The number of hydrogen-bond acceptors (Lipinski definition) is 15. The Morgan fingerprint density at radius 3 is 0.849 bits per heavy atom. The third-order valence-electron chi connectivity index (χ3n) is 20.2. The zero-order valence-electron chi connectivity index (χ0n) is 69.2. The van der Waals surface area contributed by atoms with Crippen molar-refractivity contribution in [1.82, 2.24) is 0 Å². The molecular formula is C87H166O17P2. The van der Waals surface area contributed by atoms with Gasteiger partial charge in [-0.25, -0.2) is 9.13 Å². The van der Waals surface area contributed by atoms with E-state index in [0.717, 1.165) is 115 Å². The first kappa shape index (κ1) is 104. The lowest BCUT2D eigenvalue weighted by Crippen LogP contribution is -2.30. The molecule has 6 atom stereocenters. The van der Waals surface area contributed by atoms with E-state index in [-0.39, 0.29) is 25.7 Å². The summed E-state index contributed by atoms with van der Waals surface area (Å²) in [7, 11) is -9.94. The minimum absolute atomic E-state index is 0.0856. The molecule has 17 nitrogen and oxygen atoms in total. The molecule has 3 unspecified atom stereocenters. The normalized spacial score (nSPS) is 14.2. The molecule has 0 heterocycles. The van der Waals surface area contributed by atoms with Crippen LogP contribution >= 0.6 is 15.6 Å². The first-order valence-corrected chi connectivity index (χ1v) is 47.3. The molecule has 0 aliphatic rings. The molecule has 0 radical (unpaired) electrons. The van der Waals surface area contributed by atoms with Crippen LogP contribution in [0, 0.1) is 11.8 Å². The second-order valence-corrected chi connectivity index (χ2v) is 34.2. The molecule has 106 heavy (non-hydrogen) atoms. The molecule has 0 aromatic rings. The van der Waals surface area contributed by atoms with E-state index in [0.29, 0.717) is 25.7 Å². The zero-order chi connectivity index (χ0) is 77.8. The summed E-state index contributed by atoms with van der Waals surface area (Å²) in [6.07, 6.45) is 72.9. The minimum Gasteiger partial charge on any atom is -0.462 e. The number of esters is 4. The number of carbonyl (C=O) groups excluding carboxylic acids is 4. The van der Waals surface area contributed by atoms with Gasteiger partial charge in [0, 0.05) is 25.7 Å². The fraction of sp³-hybridized carbons (Fsp3) is 0.908. The van der Waals surface area contributed by atoms with E-state index >= 15 is 0 Å². The van der Waals surface area contributed by atoms with Gasteiger partial charge in [0.1, 0.15) is 19.3 Å². The molecule has 3 N–H and O–H groups in total. The summed E-state index contributed by atoms with van der Waals surface area (Å²) >= 11 is 0. The predicted molar refractivity (Wildman–Crippen MR) is 437 cm³/mol. The summed E-state index contributed by atoms with van der Waals surface area (Å²) in [5.74, 6) is -0.462. The van der Waals surface area contributed by atoms with Gasteiger partial charge >= 0.3 is 39.5 Å². The van der Waals surface area contributed by atoms with Gasteiger partial charge in [0.25, 0.3) is 0 Å². The Morgan fingerprint density at radius 1 is 0.311 bits per heavy atom. The highest BCUT2D eigenvalue weighted by Crippen LogP contribution is 2.45. The number of phosphoric ester groups is 2. The molecule has 0 spiro atoms. The first-order valence-electron chi connectivity index (χ1n) is 44.3. The Bertz CT molecular complexity index is 2130. The molecule has 0 saturated carbocycles. The van der Waals surface area contributed by atoms with Crippen molar-refractivity contribution in [2.45, 2.75) is 458 Å². The van der Waals surface area contributed by atoms with Gasteiger partial charge in [0.05, 0.1) is 26.4 Å². The summed E-state index contributed by atoms with van der Waals surface area (Å²) in [5, 5.41) is 10.7. The SMILES string of the molecule is CCCCCC/C=C\C=C/CCCCCCCC(=O)O[C@H](COC(=O)CCCCCCCCCCCCCC)COP(=O)(O)OC[C@H](O)COP(=O)(O)OC[C@@H](COC(=O)CCCCCCCCCCCCCCCCC(C)CC)OC(=O)CCCCCCCCCCCCCCCCCCCCC(C)C. The number of phosphoric acid groups is 2. The van der Waals surface area contributed by atoms with E-state index in [1.807, 2.05) is 0 Å². The van der Waals surface area contributed by atoms with E-state index in [1.165, 1.54) is 244 Å². The molecule has 0 amide bonds. The maximum absolute atomic E-state index is 13.2. The molecular weight excluding hydrogens is 1380 g/mol. The van der Waals surface area contributed by atoms with Gasteiger partial charge in [0.15, 0.2) is 12.2 Å². The van der Waals surface area contributed by atoms with Crippen molar-refractivity contribution in [3.05, 3.63) is 24.3 Å². The second kappa shape index (κ2) is 77.8. The molecule has 0 rings (SSSR count). The molecule has 0 aliphatic heterocycles. The molecule has 0 aliphatic carbocycles. The molecule has 626 valence electrons. The van der Waals surface area contributed by atoms with Crippen molar-refractivity contribution < 1.29 is 80.2 Å². The average Bonchev–Trinajstić information content (AvgIpc) is 0.904. The van der Waals surface area contributed by atoms with Crippen LogP contribution < -0.4 is 0 Å². The largest absolute Gasteiger partial charge is 0.472 e. The van der Waals surface area contributed by atoms with Gasteiger partial charge in [-0.3, -0.25) is 37.3 Å². The third-order valence-corrected chi connectivity index (χ3v) is 22.1. The lowest BCUT2D eigenvalue weighted by atomic mass is 9.99. The number of aliphatic hydroxyl groups excluding tert-OH is 1. The van der Waals surface area contributed by atoms with Crippen LogP contribution in [-0.4, -0.2) is 96.7 Å². The molecule has 19 heteroatoms. The molecule has 0 aromatic heterocycles. The topological polar surface area (TPSA) is 237 Å². The summed E-state index contributed by atoms with van der Waals surface area (Å²) in [4.78, 5) is 73.2. The number of carbonyl (C=O) groups is 4. The van der Waals surface area contributed by atoms with Crippen LogP contribution in [-0.2, 0) is 65.4 Å². The highest BCUT2D eigenvalue weighted by Gasteiger charge is 2.30. The quantitative estimate of drug-likeness (QED) is 0.0169. The maximum atomic E-state index is 13.2. The van der Waals surface area contributed by atoms with Crippen LogP contribution in [0.5, 0.6) is 0 Å². The number of unbranched alkanes of at least 4 members (excludes halogenated alkanes) is 50. The lowest BCUT2D eigenvalue weighted by Gasteiger charge is -2.21. The molecule has 0 saturated heterocycles. The predicted octanol–water partition coefficient (Wildman–Crippen LogP) is 26.2. The number of aliphatic hydroxyl groups is 1. The van der Waals surface area contributed by atoms with Gasteiger partial charge in [-0.05, 0) is 63.2 Å². The highest BCUT2D eigenvalue weighted by molar-refractivity contribution is 7.47. The van der Waals surface area contributed by atoms with Crippen LogP contribution in [0.3, 0.4) is 0 Å². The Kier molecular flexibility index (Phi) is 76.0. The van der Waals surface area contributed by atoms with Gasteiger partial charge in [0.2, 0.25) is 0 Å². The Hall–Kier alpha value is -2.46. The van der Waals surface area contributed by atoms with Gasteiger partial charge in [-0.2, -0.15) is 0 Å². The van der Waals surface area contributed by atoms with E-state index in [4.69, 9.17) is 37.0 Å². The number of hydrogen-bond donors (Lipinski definition) is 3. The van der Waals surface area contributed by atoms with Crippen LogP contribution in [0.1, 0.15) is 440 Å². The smallest absolute Gasteiger partial charge is 0.462 e.